The van der Waals surface area contributed by atoms with Crippen LogP contribution in [-0.2, 0) is 9.59 Å². The Morgan fingerprint density at radius 1 is 0.412 bits per heavy atom. The van der Waals surface area contributed by atoms with Crippen molar-refractivity contribution in [1.29, 1.82) is 0 Å². The molecule has 0 radical (unpaired) electrons. The van der Waals surface area contributed by atoms with Crippen LogP contribution in [0.1, 0.15) is 22.3 Å². The normalized spacial score (nSPS) is 10.7. The third-order valence-corrected chi connectivity index (χ3v) is 5.23. The summed E-state index contributed by atoms with van der Waals surface area (Å²) in [6, 6.07) is 31.6. The number of benzene rings is 4. The molecule has 0 spiro atoms. The number of carbonyl (C=O) groups excluding carboxylic acids is 2. The number of rotatable bonds is 7. The lowest BCUT2D eigenvalue weighted by Crippen LogP contribution is -1.80. The maximum Gasteiger partial charge on any atom is 0.240 e. The number of nitrogens with zero attached hydrogens (tertiary/aromatic N) is 2. The summed E-state index contributed by atoms with van der Waals surface area (Å²) in [4.78, 5) is 27.8. The van der Waals surface area contributed by atoms with Gasteiger partial charge in [-0.3, -0.25) is 0 Å². The molecule has 0 aromatic heterocycles. The zero-order chi connectivity index (χ0) is 23.6. The van der Waals surface area contributed by atoms with Crippen molar-refractivity contribution in [2.45, 2.75) is 0 Å². The molecule has 0 N–H and O–H groups in total. The zero-order valence-electron chi connectivity index (χ0n) is 18.3. The number of aliphatic imine (C=N–C) groups is 2. The molecule has 4 aromatic carbocycles. The van der Waals surface area contributed by atoms with Crippen molar-refractivity contribution < 1.29 is 9.59 Å². The molecule has 4 heteroatoms. The van der Waals surface area contributed by atoms with Crippen LogP contribution in [0, 0.1) is 0 Å². The third-order valence-electron chi connectivity index (χ3n) is 5.23. The summed E-state index contributed by atoms with van der Waals surface area (Å²) in [5, 5.41) is 0. The van der Waals surface area contributed by atoms with Crippen molar-refractivity contribution >= 4 is 47.8 Å². The first-order valence-corrected chi connectivity index (χ1v) is 10.7. The molecule has 4 nitrogen and oxygen atoms in total. The van der Waals surface area contributed by atoms with E-state index in [0.717, 1.165) is 33.4 Å². The van der Waals surface area contributed by atoms with Gasteiger partial charge in [-0.05, 0) is 57.6 Å². The molecule has 0 amide bonds. The average Bonchev–Trinajstić information content (AvgIpc) is 2.89. The van der Waals surface area contributed by atoms with Crippen molar-refractivity contribution in [2.24, 2.45) is 9.98 Å². The van der Waals surface area contributed by atoms with E-state index in [1.54, 1.807) is 36.4 Å². The summed E-state index contributed by atoms with van der Waals surface area (Å²) in [7, 11) is 0. The van der Waals surface area contributed by atoms with Crippen molar-refractivity contribution in [3.63, 3.8) is 0 Å². The van der Waals surface area contributed by atoms with Crippen molar-refractivity contribution in [1.82, 2.24) is 0 Å². The van der Waals surface area contributed by atoms with Crippen LogP contribution in [-0.4, -0.2) is 12.2 Å². The molecule has 0 unspecified atom stereocenters. The highest BCUT2D eigenvalue weighted by Crippen LogP contribution is 2.22. The fourth-order valence-corrected chi connectivity index (χ4v) is 3.38. The molecule has 34 heavy (non-hydrogen) atoms. The Morgan fingerprint density at radius 2 is 0.676 bits per heavy atom. The standard InChI is InChI=1S/C30H20N2O2/c33-21-31-29-17-9-25(10-18-29)3-1-23-5-13-27(14-6-23)28-15-7-24(8-16-28)2-4-26-11-19-30(20-12-26)32-22-34/h1-20H/b3-1+,4-2+. The first kappa shape index (κ1) is 22.3. The highest BCUT2D eigenvalue weighted by atomic mass is 16.1. The van der Waals surface area contributed by atoms with Gasteiger partial charge >= 0.3 is 0 Å². The highest BCUT2D eigenvalue weighted by molar-refractivity contribution is 5.75. The quantitative estimate of drug-likeness (QED) is 0.168. The molecular weight excluding hydrogens is 420 g/mol. The van der Waals surface area contributed by atoms with Gasteiger partial charge in [-0.2, -0.15) is 9.98 Å². The highest BCUT2D eigenvalue weighted by Gasteiger charge is 1.98. The first-order valence-electron chi connectivity index (χ1n) is 10.7. The van der Waals surface area contributed by atoms with Crippen LogP contribution >= 0.6 is 0 Å². The van der Waals surface area contributed by atoms with E-state index in [4.69, 9.17) is 0 Å². The van der Waals surface area contributed by atoms with Crippen molar-refractivity contribution in [2.75, 3.05) is 0 Å². The molecule has 4 rings (SSSR count). The number of hydrogen-bond acceptors (Lipinski definition) is 4. The first-order chi connectivity index (χ1) is 16.7. The summed E-state index contributed by atoms with van der Waals surface area (Å²) < 4.78 is 0. The smallest absolute Gasteiger partial charge is 0.211 e. The molecule has 0 bridgehead atoms. The SMILES string of the molecule is O=C=Nc1ccc(/C=C/c2ccc(-c3ccc(/C=C/c4ccc(N=C=O)cc4)cc3)cc2)cc1. The average molecular weight is 441 g/mol. The molecule has 0 saturated heterocycles. The molecule has 0 heterocycles. The molecular formula is C30H20N2O2. The molecule has 0 aliphatic rings. The van der Waals surface area contributed by atoms with E-state index in [1.165, 1.54) is 0 Å². The fourth-order valence-electron chi connectivity index (χ4n) is 3.38. The summed E-state index contributed by atoms with van der Waals surface area (Å²) in [6.07, 6.45) is 11.2. The van der Waals surface area contributed by atoms with Crippen LogP contribution in [0.15, 0.2) is 107 Å². The van der Waals surface area contributed by atoms with E-state index in [1.807, 2.05) is 48.6 Å². The Kier molecular flexibility index (Phi) is 7.30. The zero-order valence-corrected chi connectivity index (χ0v) is 18.3. The predicted molar refractivity (Wildman–Crippen MR) is 138 cm³/mol. The third kappa shape index (κ3) is 6.09. The number of isocyanates is 2. The minimum Gasteiger partial charge on any atom is -0.211 e. The Balaban J connectivity index is 1.39. The number of hydrogen-bond donors (Lipinski definition) is 0. The van der Waals surface area contributed by atoms with Gasteiger partial charge in [-0.25, -0.2) is 9.59 Å². The molecule has 0 fully saturated rings. The Morgan fingerprint density at radius 3 is 0.941 bits per heavy atom. The van der Waals surface area contributed by atoms with Crippen LogP contribution in [0.3, 0.4) is 0 Å². The maximum atomic E-state index is 10.3. The summed E-state index contributed by atoms with van der Waals surface area (Å²) in [5.74, 6) is 0. The second-order valence-electron chi connectivity index (χ2n) is 7.50. The van der Waals surface area contributed by atoms with Crippen molar-refractivity contribution in [3.8, 4) is 11.1 Å². The van der Waals surface area contributed by atoms with E-state index < -0.39 is 0 Å². The van der Waals surface area contributed by atoms with E-state index in [0.29, 0.717) is 11.4 Å². The topological polar surface area (TPSA) is 58.9 Å². The molecule has 0 aliphatic carbocycles. The van der Waals surface area contributed by atoms with E-state index >= 15 is 0 Å². The summed E-state index contributed by atoms with van der Waals surface area (Å²) in [5.41, 5.74) is 7.75. The summed E-state index contributed by atoms with van der Waals surface area (Å²) in [6.45, 7) is 0. The molecule has 162 valence electrons. The van der Waals surface area contributed by atoms with Gasteiger partial charge in [0.2, 0.25) is 12.2 Å². The second kappa shape index (κ2) is 11.1. The summed E-state index contributed by atoms with van der Waals surface area (Å²) >= 11 is 0. The van der Waals surface area contributed by atoms with Crippen LogP contribution in [0.25, 0.3) is 35.4 Å². The van der Waals surface area contributed by atoms with Gasteiger partial charge in [0.15, 0.2) is 0 Å². The van der Waals surface area contributed by atoms with Crippen LogP contribution < -0.4 is 0 Å². The molecule has 0 atom stereocenters. The van der Waals surface area contributed by atoms with Crippen LogP contribution in [0.2, 0.25) is 0 Å². The molecule has 4 aromatic rings. The Labute approximate surface area is 198 Å². The lowest BCUT2D eigenvalue weighted by atomic mass is 10.0. The minimum atomic E-state index is 0.595. The van der Waals surface area contributed by atoms with Gasteiger partial charge < -0.3 is 0 Å². The van der Waals surface area contributed by atoms with Crippen LogP contribution in [0.4, 0.5) is 11.4 Å². The van der Waals surface area contributed by atoms with E-state index in [9.17, 15) is 9.59 Å². The Hall–Kier alpha value is -4.88. The van der Waals surface area contributed by atoms with Gasteiger partial charge in [0.1, 0.15) is 0 Å². The fraction of sp³-hybridized carbons (Fsp3) is 0. The van der Waals surface area contributed by atoms with E-state index in [2.05, 4.69) is 58.5 Å². The van der Waals surface area contributed by atoms with Crippen LogP contribution in [0.5, 0.6) is 0 Å². The monoisotopic (exact) mass is 440 g/mol. The molecule has 0 aliphatic heterocycles. The van der Waals surface area contributed by atoms with E-state index in [-0.39, 0.29) is 0 Å². The maximum absolute atomic E-state index is 10.3. The lowest BCUT2D eigenvalue weighted by molar-refractivity contribution is 0.564. The van der Waals surface area contributed by atoms with Gasteiger partial charge in [0.25, 0.3) is 0 Å². The minimum absolute atomic E-state index is 0.595. The van der Waals surface area contributed by atoms with Gasteiger partial charge in [0, 0.05) is 0 Å². The lowest BCUT2D eigenvalue weighted by Gasteiger charge is -2.04. The second-order valence-corrected chi connectivity index (χ2v) is 7.50. The predicted octanol–water partition coefficient (Wildman–Crippen LogP) is 7.63. The van der Waals surface area contributed by atoms with Gasteiger partial charge in [-0.1, -0.05) is 97.1 Å². The van der Waals surface area contributed by atoms with Gasteiger partial charge in [-0.15, -0.1) is 0 Å². The largest absolute Gasteiger partial charge is 0.240 e. The van der Waals surface area contributed by atoms with Gasteiger partial charge in [0.05, 0.1) is 11.4 Å². The van der Waals surface area contributed by atoms with Crippen molar-refractivity contribution in [3.05, 3.63) is 119 Å². The molecule has 0 saturated carbocycles. The Bertz CT molecular complexity index is 1290.